The summed E-state index contributed by atoms with van der Waals surface area (Å²) in [4.78, 5) is 13.3. The first-order valence-corrected chi connectivity index (χ1v) is 17.3. The van der Waals surface area contributed by atoms with Crippen molar-refractivity contribution < 1.29 is 29.6 Å². The summed E-state index contributed by atoms with van der Waals surface area (Å²) in [6.45, 7) is 0.420. The van der Waals surface area contributed by atoms with E-state index in [2.05, 4.69) is 5.32 Å². The van der Waals surface area contributed by atoms with Gasteiger partial charge in [-0.15, -0.1) is 0 Å². The van der Waals surface area contributed by atoms with Crippen molar-refractivity contribution in [1.29, 1.82) is 0 Å². The third-order valence-electron chi connectivity index (χ3n) is 8.36. The summed E-state index contributed by atoms with van der Waals surface area (Å²) < 4.78 is 11.9. The molecule has 9 heteroatoms. The number of hydrogen-bond acceptors (Lipinski definition) is 9. The van der Waals surface area contributed by atoms with Crippen molar-refractivity contribution >= 4 is 38.1 Å². The average molecular weight is 612 g/mol. The normalized spacial score (nSPS) is 21.2. The second-order valence-electron chi connectivity index (χ2n) is 11.3. The lowest BCUT2D eigenvalue weighted by atomic mass is 9.89. The van der Waals surface area contributed by atoms with Crippen LogP contribution in [0.1, 0.15) is 62.5 Å². The molecule has 1 heterocycles. The van der Waals surface area contributed by atoms with E-state index < -0.39 is 6.10 Å². The van der Waals surface area contributed by atoms with Crippen molar-refractivity contribution in [3.8, 4) is 28.4 Å². The predicted octanol–water partition coefficient (Wildman–Crippen LogP) is 6.73. The van der Waals surface area contributed by atoms with Crippen LogP contribution in [0.25, 0.3) is 21.9 Å². The number of fused-ring (bicyclic) bond motifs is 5. The van der Waals surface area contributed by atoms with Gasteiger partial charge in [-0.2, -0.15) is 0 Å². The Morgan fingerprint density at radius 2 is 1.79 bits per heavy atom. The molecule has 5 rings (SSSR count). The van der Waals surface area contributed by atoms with E-state index in [-0.39, 0.29) is 23.4 Å². The van der Waals surface area contributed by atoms with E-state index in [0.29, 0.717) is 62.1 Å². The van der Waals surface area contributed by atoms with Crippen molar-refractivity contribution in [2.75, 3.05) is 19.6 Å². The number of carbonyl (C=O) groups excluding carboxylic acids is 1. The number of aliphatic hydroxyl groups excluding tert-OH is 1. The second-order valence-corrected chi connectivity index (χ2v) is 13.8. The minimum atomic E-state index is -0.506. The van der Waals surface area contributed by atoms with Crippen molar-refractivity contribution in [2.24, 2.45) is 0 Å². The highest BCUT2D eigenvalue weighted by molar-refractivity contribution is 8.76. The highest BCUT2D eigenvalue weighted by Gasteiger charge is 2.23. The molecule has 0 radical (unpaired) electrons. The fourth-order valence-corrected chi connectivity index (χ4v) is 8.35. The molecule has 2 unspecified atom stereocenters. The average Bonchev–Trinajstić information content (AvgIpc) is 3.50. The van der Waals surface area contributed by atoms with Crippen molar-refractivity contribution in [2.45, 2.75) is 81.8 Å². The first-order chi connectivity index (χ1) is 20.4. The van der Waals surface area contributed by atoms with Crippen molar-refractivity contribution in [3.63, 3.8) is 0 Å². The third-order valence-corrected chi connectivity index (χ3v) is 10.7. The lowest BCUT2D eigenvalue weighted by molar-refractivity contribution is -0.122. The zero-order chi connectivity index (χ0) is 29.5. The van der Waals surface area contributed by atoms with Crippen LogP contribution >= 0.6 is 21.6 Å². The molecule has 0 amide bonds. The van der Waals surface area contributed by atoms with Crippen LogP contribution in [0.5, 0.6) is 17.2 Å². The molecule has 3 aromatic rings. The number of benzene rings is 3. The molecule has 1 aliphatic carbocycles. The number of nitrogens with one attached hydrogen (secondary N) is 1. The maximum atomic E-state index is 13.3. The maximum absolute atomic E-state index is 13.3. The number of ether oxygens (including phenoxy) is 2. The number of rotatable bonds is 5. The summed E-state index contributed by atoms with van der Waals surface area (Å²) in [5, 5.41) is 37.3. The van der Waals surface area contributed by atoms with Crippen molar-refractivity contribution in [1.82, 2.24) is 5.32 Å². The highest BCUT2D eigenvalue weighted by Crippen LogP contribution is 2.45. The first kappa shape index (κ1) is 31.0. The van der Waals surface area contributed by atoms with E-state index in [1.807, 2.05) is 24.3 Å². The Morgan fingerprint density at radius 3 is 2.60 bits per heavy atom. The molecule has 7 nitrogen and oxygen atoms in total. The maximum Gasteiger partial charge on any atom is 0.168 e. The molecule has 1 saturated carbocycles. The van der Waals surface area contributed by atoms with Crippen LogP contribution in [0.15, 0.2) is 42.5 Å². The van der Waals surface area contributed by atoms with Gasteiger partial charge in [-0.3, -0.25) is 10.1 Å². The van der Waals surface area contributed by atoms with Crippen molar-refractivity contribution in [3.05, 3.63) is 53.6 Å². The number of aryl methyl sites for hydroxylation is 1. The minimum absolute atomic E-state index is 0.0345. The summed E-state index contributed by atoms with van der Waals surface area (Å²) in [6.07, 6.45) is 6.37. The van der Waals surface area contributed by atoms with Gasteiger partial charge in [0.15, 0.2) is 11.5 Å². The molecule has 0 bridgehead atoms. The van der Waals surface area contributed by atoms with Gasteiger partial charge in [0.1, 0.15) is 11.5 Å². The van der Waals surface area contributed by atoms with Crippen LogP contribution in [0.4, 0.5) is 0 Å². The Kier molecular flexibility index (Phi) is 11.0. The summed E-state index contributed by atoms with van der Waals surface area (Å²) in [5.74, 6) is 1.86. The Hall–Kier alpha value is -2.43. The van der Waals surface area contributed by atoms with E-state index in [0.717, 1.165) is 33.0 Å². The smallest absolute Gasteiger partial charge is 0.168 e. The third kappa shape index (κ3) is 7.74. The van der Waals surface area contributed by atoms with E-state index in [9.17, 15) is 20.1 Å². The topological polar surface area (TPSA) is 108 Å². The minimum Gasteiger partial charge on any atom is -0.508 e. The molecule has 226 valence electrons. The molecule has 0 saturated heterocycles. The van der Waals surface area contributed by atoms with Gasteiger partial charge >= 0.3 is 0 Å². The number of Topliss-reactive ketones (excluding diaryl/α,β-unsaturated/α-hetero) is 1. The second kappa shape index (κ2) is 14.8. The summed E-state index contributed by atoms with van der Waals surface area (Å²) in [6, 6.07) is 13.4. The number of carbonyl (C=O) groups is 1. The van der Waals surface area contributed by atoms with Gasteiger partial charge in [-0.25, -0.2) is 0 Å². The zero-order valence-electron chi connectivity index (χ0n) is 24.1. The molecular weight excluding hydrogens is 570 g/mol. The molecule has 2 aliphatic rings. The summed E-state index contributed by atoms with van der Waals surface area (Å²) >= 11 is 0. The van der Waals surface area contributed by atoms with Gasteiger partial charge in [-0.05, 0) is 77.8 Å². The van der Waals surface area contributed by atoms with Gasteiger partial charge in [0.2, 0.25) is 0 Å². The SMILES string of the molecule is COc1c(O)ccc2c1-c1ccc3ccc(O)cc3c1CSSCC(O)CCC(OCNC1CCCC1)CC(=O)CC2. The molecular formula is C33H41NO6S2. The molecule has 0 spiro atoms. The zero-order valence-corrected chi connectivity index (χ0v) is 25.8. The quantitative estimate of drug-likeness (QED) is 0.184. The molecule has 2 atom stereocenters. The molecule has 0 aromatic heterocycles. The monoisotopic (exact) mass is 611 g/mol. The van der Waals surface area contributed by atoms with E-state index in [1.165, 1.54) is 25.7 Å². The fourth-order valence-electron chi connectivity index (χ4n) is 6.06. The number of phenols is 2. The lowest BCUT2D eigenvalue weighted by Crippen LogP contribution is -2.32. The number of aliphatic hydroxyl groups is 1. The number of methoxy groups -OCH3 is 1. The molecule has 1 aliphatic heterocycles. The van der Waals surface area contributed by atoms with Gasteiger partial charge in [0.25, 0.3) is 0 Å². The van der Waals surface area contributed by atoms with Gasteiger partial charge in [0.05, 0.1) is 26.0 Å². The largest absolute Gasteiger partial charge is 0.508 e. The number of ketones is 1. The van der Waals surface area contributed by atoms with Gasteiger partial charge < -0.3 is 24.8 Å². The van der Waals surface area contributed by atoms with Crippen LogP contribution in [-0.4, -0.2) is 58.9 Å². The number of phenolic OH excluding ortho intramolecular Hbond substituents is 2. The van der Waals surface area contributed by atoms with Crippen LogP contribution in [0.3, 0.4) is 0 Å². The highest BCUT2D eigenvalue weighted by atomic mass is 33.1. The van der Waals surface area contributed by atoms with Gasteiger partial charge in [-0.1, -0.05) is 58.7 Å². The predicted molar refractivity (Wildman–Crippen MR) is 171 cm³/mol. The van der Waals surface area contributed by atoms with Crippen LogP contribution < -0.4 is 10.1 Å². The Morgan fingerprint density at radius 1 is 0.976 bits per heavy atom. The Bertz CT molecular complexity index is 1380. The lowest BCUT2D eigenvalue weighted by Gasteiger charge is -2.22. The van der Waals surface area contributed by atoms with E-state index in [1.54, 1.807) is 46.9 Å². The number of aromatic hydroxyl groups is 2. The Balaban J connectivity index is 1.46. The molecule has 3 aromatic carbocycles. The molecule has 42 heavy (non-hydrogen) atoms. The summed E-state index contributed by atoms with van der Waals surface area (Å²) in [7, 11) is 4.80. The van der Waals surface area contributed by atoms with Crippen LogP contribution in [0.2, 0.25) is 0 Å². The number of hydrogen-bond donors (Lipinski definition) is 4. The fraction of sp³-hybridized carbons (Fsp3) is 0.485. The van der Waals surface area contributed by atoms with E-state index >= 15 is 0 Å². The Labute approximate surface area is 255 Å². The van der Waals surface area contributed by atoms with Crippen LogP contribution in [0, 0.1) is 0 Å². The standard InChI is InChI=1S/C33H41NO6S2/c1-39-33-31(38)15-9-22-7-11-24(35)16-27(40-20-34-23-4-2-3-5-23)13-12-26(37)18-41-42-19-30-28(32(22)33)14-8-21-6-10-25(36)17-29(21)30/h6,8-10,14-15,17,23,26-27,34,36-38H,2-5,7,11-13,16,18-20H2,1H3. The molecule has 1 fully saturated rings. The van der Waals surface area contributed by atoms with Gasteiger partial charge in [0, 0.05) is 36.0 Å². The molecule has 4 N–H and O–H groups in total. The van der Waals surface area contributed by atoms with E-state index in [4.69, 9.17) is 9.47 Å². The summed E-state index contributed by atoms with van der Waals surface area (Å²) in [5.41, 5.74) is 3.57. The van der Waals surface area contributed by atoms with Crippen LogP contribution in [-0.2, 0) is 21.7 Å². The first-order valence-electron chi connectivity index (χ1n) is 14.9.